The molecule has 2 aliphatic rings. The van der Waals surface area contributed by atoms with Crippen molar-refractivity contribution in [1.82, 2.24) is 15.1 Å². The predicted molar refractivity (Wildman–Crippen MR) is 143 cm³/mol. The number of nitrogens with zero attached hydrogens (tertiary/aromatic N) is 2. The summed E-state index contributed by atoms with van der Waals surface area (Å²) in [7, 11) is 0. The molecule has 10 heteroatoms. The molecule has 216 valence electrons. The summed E-state index contributed by atoms with van der Waals surface area (Å²) in [5.74, 6) is -0.848. The summed E-state index contributed by atoms with van der Waals surface area (Å²) in [6.45, 7) is 8.48. The SMILES string of the molecule is Cc1ccc(C(=O)N2[C@@H](C(=O)NCc3cccc(C(F)(F)F)c3)COC23CCN(C(=O)CC(C)(C)C)CC3)cc1. The molecule has 2 aromatic rings. The van der Waals surface area contributed by atoms with E-state index in [1.165, 1.54) is 17.0 Å². The predicted octanol–water partition coefficient (Wildman–Crippen LogP) is 4.93. The average molecular weight is 560 g/mol. The molecular formula is C30H36F3N3O4. The number of carbonyl (C=O) groups excluding carboxylic acids is 3. The first-order valence-electron chi connectivity index (χ1n) is 13.4. The molecule has 0 unspecified atom stereocenters. The smallest absolute Gasteiger partial charge is 0.353 e. The third kappa shape index (κ3) is 6.66. The number of hydrogen-bond acceptors (Lipinski definition) is 4. The first kappa shape index (κ1) is 29.6. The lowest BCUT2D eigenvalue weighted by Crippen LogP contribution is -2.59. The average Bonchev–Trinajstić information content (AvgIpc) is 3.24. The van der Waals surface area contributed by atoms with Crippen molar-refractivity contribution in [1.29, 1.82) is 0 Å². The molecule has 0 saturated carbocycles. The van der Waals surface area contributed by atoms with Crippen molar-refractivity contribution in [2.45, 2.75) is 71.4 Å². The van der Waals surface area contributed by atoms with E-state index in [9.17, 15) is 27.6 Å². The van der Waals surface area contributed by atoms with Gasteiger partial charge in [-0.3, -0.25) is 19.3 Å². The van der Waals surface area contributed by atoms with Gasteiger partial charge in [-0.15, -0.1) is 0 Å². The lowest BCUT2D eigenvalue weighted by Gasteiger charge is -2.44. The molecule has 7 nitrogen and oxygen atoms in total. The lowest BCUT2D eigenvalue weighted by atomic mass is 9.90. The van der Waals surface area contributed by atoms with Gasteiger partial charge in [-0.1, -0.05) is 50.6 Å². The number of carbonyl (C=O) groups is 3. The van der Waals surface area contributed by atoms with Crippen molar-refractivity contribution in [2.75, 3.05) is 19.7 Å². The number of rotatable bonds is 5. The van der Waals surface area contributed by atoms with Crippen LogP contribution in [0, 0.1) is 12.3 Å². The number of aryl methyl sites for hydroxylation is 1. The van der Waals surface area contributed by atoms with E-state index in [0.717, 1.165) is 17.7 Å². The number of benzene rings is 2. The molecule has 2 fully saturated rings. The van der Waals surface area contributed by atoms with Crippen molar-refractivity contribution < 1.29 is 32.3 Å². The number of nitrogens with one attached hydrogen (secondary N) is 1. The molecule has 1 N–H and O–H groups in total. The summed E-state index contributed by atoms with van der Waals surface area (Å²) >= 11 is 0. The number of piperidine rings is 1. The normalized spacial score (nSPS) is 19.1. The summed E-state index contributed by atoms with van der Waals surface area (Å²) in [5.41, 5.74) is -0.363. The van der Waals surface area contributed by atoms with E-state index in [2.05, 4.69) is 5.32 Å². The Labute approximate surface area is 232 Å². The Hall–Kier alpha value is -3.40. The minimum Gasteiger partial charge on any atom is -0.353 e. The molecule has 0 radical (unpaired) electrons. The Morgan fingerprint density at radius 1 is 1.02 bits per heavy atom. The molecular weight excluding hydrogens is 523 g/mol. The standard InChI is InChI=1S/C30H36F3N3O4/c1-20-8-10-22(11-9-20)27(39)36-24(26(38)34-18-21-6-5-7-23(16-21)30(31,32)33)19-40-29(36)12-14-35(15-13-29)25(37)17-28(2,3)4/h5-11,16,24H,12-15,17-19H2,1-4H3,(H,34,38)/t24-/m1/s1. The maximum atomic E-state index is 13.8. The highest BCUT2D eigenvalue weighted by Crippen LogP contribution is 2.39. The Balaban J connectivity index is 1.54. The Bertz CT molecular complexity index is 1250. The molecule has 2 aromatic carbocycles. The Morgan fingerprint density at radius 3 is 2.27 bits per heavy atom. The highest BCUT2D eigenvalue weighted by atomic mass is 19.4. The summed E-state index contributed by atoms with van der Waals surface area (Å²) < 4.78 is 45.6. The van der Waals surface area contributed by atoms with Crippen molar-refractivity contribution in [2.24, 2.45) is 5.41 Å². The third-order valence-electron chi connectivity index (χ3n) is 7.38. The van der Waals surface area contributed by atoms with Gasteiger partial charge in [0.15, 0.2) is 0 Å². The summed E-state index contributed by atoms with van der Waals surface area (Å²) in [6.07, 6.45) is -3.41. The number of ether oxygens (including phenoxy) is 1. The summed E-state index contributed by atoms with van der Waals surface area (Å²) in [6, 6.07) is 10.8. The molecule has 3 amide bonds. The monoisotopic (exact) mass is 559 g/mol. The second kappa shape index (κ2) is 11.2. The maximum Gasteiger partial charge on any atom is 0.416 e. The van der Waals surface area contributed by atoms with Crippen LogP contribution in [0.25, 0.3) is 0 Å². The molecule has 0 bridgehead atoms. The minimum atomic E-state index is -4.49. The zero-order chi connectivity index (χ0) is 29.3. The molecule has 0 aromatic heterocycles. The quantitative estimate of drug-likeness (QED) is 0.564. The summed E-state index contributed by atoms with van der Waals surface area (Å²) in [5, 5.41) is 2.70. The first-order valence-corrected chi connectivity index (χ1v) is 13.4. The molecule has 40 heavy (non-hydrogen) atoms. The van der Waals surface area contributed by atoms with Crippen LogP contribution in [0.2, 0.25) is 0 Å². The third-order valence-corrected chi connectivity index (χ3v) is 7.38. The van der Waals surface area contributed by atoms with Crippen LogP contribution in [-0.2, 0) is 27.0 Å². The van der Waals surface area contributed by atoms with Crippen molar-refractivity contribution in [3.05, 3.63) is 70.8 Å². The highest BCUT2D eigenvalue weighted by Gasteiger charge is 2.54. The van der Waals surface area contributed by atoms with Gasteiger partial charge in [-0.05, 0) is 42.2 Å². The number of hydrogen-bond donors (Lipinski definition) is 1. The van der Waals surface area contributed by atoms with Crippen LogP contribution in [0.4, 0.5) is 13.2 Å². The van der Waals surface area contributed by atoms with E-state index in [4.69, 9.17) is 4.74 Å². The van der Waals surface area contributed by atoms with Gasteiger partial charge in [-0.25, -0.2) is 0 Å². The lowest BCUT2D eigenvalue weighted by molar-refractivity contribution is -0.145. The Morgan fingerprint density at radius 2 is 1.68 bits per heavy atom. The van der Waals surface area contributed by atoms with Crippen molar-refractivity contribution in [3.63, 3.8) is 0 Å². The van der Waals surface area contributed by atoms with Gasteiger partial charge in [-0.2, -0.15) is 13.2 Å². The van der Waals surface area contributed by atoms with Gasteiger partial charge in [0.25, 0.3) is 5.91 Å². The number of likely N-dealkylation sites (tertiary alicyclic amines) is 1. The zero-order valence-electron chi connectivity index (χ0n) is 23.3. The summed E-state index contributed by atoms with van der Waals surface area (Å²) in [4.78, 5) is 43.3. The number of alkyl halides is 3. The van der Waals surface area contributed by atoms with E-state index in [-0.39, 0.29) is 30.4 Å². The van der Waals surface area contributed by atoms with E-state index >= 15 is 0 Å². The van der Waals surface area contributed by atoms with Crippen LogP contribution in [0.1, 0.15) is 67.1 Å². The molecule has 1 spiro atoms. The molecule has 0 aliphatic carbocycles. The second-order valence-electron chi connectivity index (χ2n) is 11.8. The van der Waals surface area contributed by atoms with Gasteiger partial charge in [0, 0.05) is 44.5 Å². The minimum absolute atomic E-state index is 0.0344. The number of amides is 3. The van der Waals surface area contributed by atoms with Crippen molar-refractivity contribution in [3.8, 4) is 0 Å². The van der Waals surface area contributed by atoms with Crippen LogP contribution in [0.3, 0.4) is 0 Å². The van der Waals surface area contributed by atoms with Crippen LogP contribution < -0.4 is 5.32 Å². The maximum absolute atomic E-state index is 13.8. The zero-order valence-corrected chi connectivity index (χ0v) is 23.3. The van der Waals surface area contributed by atoms with Gasteiger partial charge in [0.1, 0.15) is 11.8 Å². The van der Waals surface area contributed by atoms with Crippen molar-refractivity contribution >= 4 is 17.7 Å². The fourth-order valence-corrected chi connectivity index (χ4v) is 5.24. The topological polar surface area (TPSA) is 79.0 Å². The fourth-order valence-electron chi connectivity index (χ4n) is 5.24. The van der Waals surface area contributed by atoms with E-state index in [1.54, 1.807) is 17.0 Å². The molecule has 2 saturated heterocycles. The first-order chi connectivity index (χ1) is 18.7. The van der Waals surface area contributed by atoms with Crippen LogP contribution in [0.15, 0.2) is 48.5 Å². The van der Waals surface area contributed by atoms with E-state index < -0.39 is 29.4 Å². The van der Waals surface area contributed by atoms with Gasteiger partial charge >= 0.3 is 6.18 Å². The molecule has 2 aliphatic heterocycles. The van der Waals surface area contributed by atoms with Crippen LogP contribution in [0.5, 0.6) is 0 Å². The van der Waals surface area contributed by atoms with E-state index in [1.807, 2.05) is 39.8 Å². The molecule has 1 atom stereocenters. The van der Waals surface area contributed by atoms with Crippen LogP contribution in [-0.4, -0.2) is 59.0 Å². The highest BCUT2D eigenvalue weighted by molar-refractivity contribution is 5.98. The fraction of sp³-hybridized carbons (Fsp3) is 0.500. The molecule has 2 heterocycles. The van der Waals surface area contributed by atoms with Gasteiger partial charge in [0.2, 0.25) is 11.8 Å². The number of halogens is 3. The van der Waals surface area contributed by atoms with Gasteiger partial charge < -0.3 is 15.0 Å². The Kier molecular flexibility index (Phi) is 8.31. The van der Waals surface area contributed by atoms with Crippen LogP contribution >= 0.6 is 0 Å². The van der Waals surface area contributed by atoms with E-state index in [0.29, 0.717) is 43.5 Å². The second-order valence-corrected chi connectivity index (χ2v) is 11.8. The largest absolute Gasteiger partial charge is 0.416 e. The van der Waals surface area contributed by atoms with Gasteiger partial charge in [0.05, 0.1) is 12.2 Å². The molecule has 4 rings (SSSR count).